The number of thiophene rings is 1. The Bertz CT molecular complexity index is 1080. The molecule has 9 heteroatoms. The van der Waals surface area contributed by atoms with Crippen molar-refractivity contribution >= 4 is 44.6 Å². The van der Waals surface area contributed by atoms with Crippen molar-refractivity contribution in [1.82, 2.24) is 5.32 Å². The molecule has 0 aliphatic rings. The normalized spacial score (nSPS) is 11.2. The van der Waals surface area contributed by atoms with Gasteiger partial charge in [0.1, 0.15) is 5.82 Å². The lowest BCUT2D eigenvalue weighted by Gasteiger charge is -2.10. The summed E-state index contributed by atoms with van der Waals surface area (Å²) in [7, 11) is -4.04. The maximum Gasteiger partial charge on any atom is 0.262 e. The van der Waals surface area contributed by atoms with E-state index in [9.17, 15) is 17.6 Å². The summed E-state index contributed by atoms with van der Waals surface area (Å²) in [6.45, 7) is 0.278. The molecule has 0 saturated heterocycles. The third-order valence-electron chi connectivity index (χ3n) is 3.58. The first-order valence-electron chi connectivity index (χ1n) is 7.75. The fourth-order valence-corrected chi connectivity index (χ4v) is 4.41. The monoisotopic (exact) mass is 424 g/mol. The highest BCUT2D eigenvalue weighted by Gasteiger charge is 2.18. The van der Waals surface area contributed by atoms with E-state index in [-0.39, 0.29) is 22.7 Å². The second-order valence-corrected chi connectivity index (χ2v) is 8.98. The highest BCUT2D eigenvalue weighted by Crippen LogP contribution is 2.22. The van der Waals surface area contributed by atoms with Gasteiger partial charge < -0.3 is 5.32 Å². The van der Waals surface area contributed by atoms with Crippen LogP contribution in [0.25, 0.3) is 0 Å². The number of amides is 1. The van der Waals surface area contributed by atoms with Crippen LogP contribution in [0.4, 0.5) is 10.1 Å². The van der Waals surface area contributed by atoms with Crippen LogP contribution in [0.3, 0.4) is 0 Å². The highest BCUT2D eigenvalue weighted by atomic mass is 35.5. The van der Waals surface area contributed by atoms with Crippen LogP contribution in [0.2, 0.25) is 4.34 Å². The number of hydrogen-bond acceptors (Lipinski definition) is 4. The molecule has 1 amide bonds. The van der Waals surface area contributed by atoms with Crippen LogP contribution in [-0.4, -0.2) is 14.3 Å². The molecule has 1 aromatic heterocycles. The summed E-state index contributed by atoms with van der Waals surface area (Å²) < 4.78 is 41.5. The molecule has 3 aromatic rings. The minimum atomic E-state index is -4.04. The molecule has 0 unspecified atom stereocenters. The molecule has 0 bridgehead atoms. The third kappa shape index (κ3) is 4.85. The minimum Gasteiger partial charge on any atom is -0.347 e. The van der Waals surface area contributed by atoms with E-state index in [1.165, 1.54) is 53.8 Å². The molecule has 140 valence electrons. The number of halogens is 2. The average molecular weight is 425 g/mol. The van der Waals surface area contributed by atoms with Crippen LogP contribution < -0.4 is 10.0 Å². The zero-order chi connectivity index (χ0) is 19.4. The second kappa shape index (κ2) is 8.08. The lowest BCUT2D eigenvalue weighted by atomic mass is 10.2. The molecule has 5 nitrogen and oxygen atoms in total. The molecule has 0 aliphatic heterocycles. The number of rotatable bonds is 6. The van der Waals surface area contributed by atoms with Gasteiger partial charge in [-0.25, -0.2) is 12.8 Å². The molecule has 2 N–H and O–H groups in total. The van der Waals surface area contributed by atoms with Crippen molar-refractivity contribution in [2.75, 3.05) is 4.72 Å². The van der Waals surface area contributed by atoms with Crippen molar-refractivity contribution < 1.29 is 17.6 Å². The molecular weight excluding hydrogens is 411 g/mol. The summed E-state index contributed by atoms with van der Waals surface area (Å²) in [4.78, 5) is 13.0. The van der Waals surface area contributed by atoms with Crippen molar-refractivity contribution in [3.63, 3.8) is 0 Å². The highest BCUT2D eigenvalue weighted by molar-refractivity contribution is 7.92. The Hall–Kier alpha value is -2.42. The van der Waals surface area contributed by atoms with E-state index in [1.54, 1.807) is 12.1 Å². The van der Waals surface area contributed by atoms with Crippen LogP contribution in [0, 0.1) is 5.82 Å². The lowest BCUT2D eigenvalue weighted by Crippen LogP contribution is -2.23. The average Bonchev–Trinajstić information content (AvgIpc) is 3.07. The van der Waals surface area contributed by atoms with Gasteiger partial charge in [-0.05, 0) is 42.5 Å². The molecule has 0 atom stereocenters. The number of nitrogens with one attached hydrogen (secondary N) is 2. The number of anilines is 1. The Morgan fingerprint density at radius 1 is 1.07 bits per heavy atom. The Morgan fingerprint density at radius 2 is 1.85 bits per heavy atom. The maximum absolute atomic E-state index is 13.7. The molecule has 0 aliphatic carbocycles. The van der Waals surface area contributed by atoms with Crippen molar-refractivity contribution in [2.24, 2.45) is 0 Å². The van der Waals surface area contributed by atoms with Gasteiger partial charge in [0, 0.05) is 10.4 Å². The van der Waals surface area contributed by atoms with E-state index >= 15 is 0 Å². The van der Waals surface area contributed by atoms with E-state index < -0.39 is 21.7 Å². The topological polar surface area (TPSA) is 75.3 Å². The van der Waals surface area contributed by atoms with Crippen LogP contribution in [0.5, 0.6) is 0 Å². The molecule has 3 rings (SSSR count). The fraction of sp³-hybridized carbons (Fsp3) is 0.0556. The number of hydrogen-bond donors (Lipinski definition) is 2. The van der Waals surface area contributed by atoms with Crippen LogP contribution >= 0.6 is 22.9 Å². The Morgan fingerprint density at radius 3 is 2.56 bits per heavy atom. The van der Waals surface area contributed by atoms with Crippen molar-refractivity contribution in [3.8, 4) is 0 Å². The van der Waals surface area contributed by atoms with Crippen molar-refractivity contribution in [2.45, 2.75) is 11.4 Å². The van der Waals surface area contributed by atoms with E-state index in [2.05, 4.69) is 10.0 Å². The van der Waals surface area contributed by atoms with Gasteiger partial charge in [0.25, 0.3) is 15.9 Å². The first-order valence-corrected chi connectivity index (χ1v) is 10.4. The van der Waals surface area contributed by atoms with E-state index in [0.29, 0.717) is 4.34 Å². The molecular formula is C18H14ClFN2O3S2. The number of carbonyl (C=O) groups excluding carboxylic acids is 1. The maximum atomic E-state index is 13.7. The first kappa shape index (κ1) is 19.3. The van der Waals surface area contributed by atoms with Crippen LogP contribution in [-0.2, 0) is 16.6 Å². The van der Waals surface area contributed by atoms with Gasteiger partial charge in [-0.2, -0.15) is 0 Å². The number of benzene rings is 2. The molecule has 1 heterocycles. The molecule has 0 spiro atoms. The van der Waals surface area contributed by atoms with Gasteiger partial charge in [0.05, 0.1) is 21.5 Å². The number of para-hydroxylation sites is 1. The van der Waals surface area contributed by atoms with E-state index in [4.69, 9.17) is 11.6 Å². The summed E-state index contributed by atoms with van der Waals surface area (Å²) in [5.41, 5.74) is 0.0102. The Kier molecular flexibility index (Phi) is 5.79. The minimum absolute atomic E-state index is 0.141. The zero-order valence-corrected chi connectivity index (χ0v) is 16.2. The summed E-state index contributed by atoms with van der Waals surface area (Å²) in [6, 6.07) is 14.5. The Balaban J connectivity index is 1.76. The largest absolute Gasteiger partial charge is 0.347 e. The fourth-order valence-electron chi connectivity index (χ4n) is 2.27. The molecule has 0 saturated carbocycles. The molecule has 0 fully saturated rings. The Labute approximate surface area is 164 Å². The molecule has 27 heavy (non-hydrogen) atoms. The second-order valence-electron chi connectivity index (χ2n) is 5.50. The van der Waals surface area contributed by atoms with Gasteiger partial charge in [0.2, 0.25) is 0 Å². The van der Waals surface area contributed by atoms with Gasteiger partial charge in [-0.1, -0.05) is 29.8 Å². The summed E-state index contributed by atoms with van der Waals surface area (Å²) >= 11 is 7.19. The number of sulfonamides is 1. The van der Waals surface area contributed by atoms with Crippen molar-refractivity contribution in [3.05, 3.63) is 81.3 Å². The van der Waals surface area contributed by atoms with Gasteiger partial charge >= 0.3 is 0 Å². The summed E-state index contributed by atoms with van der Waals surface area (Å²) in [5, 5.41) is 2.70. The van der Waals surface area contributed by atoms with Gasteiger partial charge in [-0.3, -0.25) is 9.52 Å². The third-order valence-corrected chi connectivity index (χ3v) is 6.17. The van der Waals surface area contributed by atoms with Crippen LogP contribution in [0.15, 0.2) is 65.6 Å². The predicted molar refractivity (Wildman–Crippen MR) is 104 cm³/mol. The lowest BCUT2D eigenvalue weighted by molar-refractivity contribution is 0.0951. The quantitative estimate of drug-likeness (QED) is 0.620. The van der Waals surface area contributed by atoms with E-state index in [1.807, 2.05) is 0 Å². The standard InChI is InChI=1S/C18H14ClFN2O3S2/c19-17-9-8-13(26-17)11-21-18(23)12-4-3-5-14(10-12)27(24,25)22-16-7-2-1-6-15(16)20/h1-10,22H,11H2,(H,21,23). The van der Waals surface area contributed by atoms with Crippen LogP contribution in [0.1, 0.15) is 15.2 Å². The molecule has 0 radical (unpaired) electrons. The SMILES string of the molecule is O=C(NCc1ccc(Cl)s1)c1cccc(S(=O)(=O)Nc2ccccc2F)c1. The summed E-state index contributed by atoms with van der Waals surface area (Å²) in [5.74, 6) is -1.12. The predicted octanol–water partition coefficient (Wildman–Crippen LogP) is 4.27. The summed E-state index contributed by atoms with van der Waals surface area (Å²) in [6.07, 6.45) is 0. The molecule has 2 aromatic carbocycles. The van der Waals surface area contributed by atoms with Gasteiger partial charge in [0.15, 0.2) is 0 Å². The first-order chi connectivity index (χ1) is 12.8. The zero-order valence-electron chi connectivity index (χ0n) is 13.8. The van der Waals surface area contributed by atoms with E-state index in [0.717, 1.165) is 10.9 Å². The van der Waals surface area contributed by atoms with Crippen molar-refractivity contribution in [1.29, 1.82) is 0 Å². The smallest absolute Gasteiger partial charge is 0.262 e. The van der Waals surface area contributed by atoms with Gasteiger partial charge in [-0.15, -0.1) is 11.3 Å². The number of carbonyl (C=O) groups is 1.